The minimum Gasteiger partial charge on any atom is -0.334 e. The Hall–Kier alpha value is -0.870. The first-order valence-electron chi connectivity index (χ1n) is 8.00. The molecular formula is C16H30N4. The molecule has 1 aromatic heterocycles. The predicted octanol–water partition coefficient (Wildman–Crippen LogP) is 2.46. The second kappa shape index (κ2) is 7.23. The van der Waals surface area contributed by atoms with E-state index in [1.807, 2.05) is 6.20 Å². The fraction of sp³-hybridized carbons (Fsp3) is 0.812. The second-order valence-electron chi connectivity index (χ2n) is 6.35. The maximum Gasteiger partial charge on any atom is 0.122 e. The number of piperidine rings is 1. The quantitative estimate of drug-likeness (QED) is 0.799. The Bertz CT molecular complexity index is 391. The molecule has 0 radical (unpaired) electrons. The highest BCUT2D eigenvalue weighted by Gasteiger charge is 2.25. The van der Waals surface area contributed by atoms with Crippen molar-refractivity contribution in [3.8, 4) is 0 Å². The molecule has 1 fully saturated rings. The molecule has 0 N–H and O–H groups in total. The van der Waals surface area contributed by atoms with Crippen LogP contribution in [0.3, 0.4) is 0 Å². The van der Waals surface area contributed by atoms with E-state index in [4.69, 9.17) is 0 Å². The Kier molecular flexibility index (Phi) is 5.61. The average molecular weight is 278 g/mol. The van der Waals surface area contributed by atoms with Gasteiger partial charge in [0, 0.05) is 25.0 Å². The fourth-order valence-electron chi connectivity index (χ4n) is 3.15. The molecule has 20 heavy (non-hydrogen) atoms. The van der Waals surface area contributed by atoms with Crippen LogP contribution in [0.5, 0.6) is 0 Å². The van der Waals surface area contributed by atoms with Gasteiger partial charge >= 0.3 is 0 Å². The van der Waals surface area contributed by atoms with Gasteiger partial charge in [-0.1, -0.05) is 6.92 Å². The lowest BCUT2D eigenvalue weighted by atomic mass is 9.90. The number of aryl methyl sites for hydroxylation is 1. The number of aromatic nitrogens is 2. The molecule has 1 aliphatic rings. The molecule has 2 heterocycles. The molecular weight excluding hydrogens is 248 g/mol. The Morgan fingerprint density at radius 3 is 2.65 bits per heavy atom. The van der Waals surface area contributed by atoms with E-state index in [0.29, 0.717) is 6.04 Å². The van der Waals surface area contributed by atoms with Crippen molar-refractivity contribution < 1.29 is 0 Å². The zero-order valence-electron chi connectivity index (χ0n) is 13.5. The second-order valence-corrected chi connectivity index (χ2v) is 6.35. The van der Waals surface area contributed by atoms with Crippen LogP contribution >= 0.6 is 0 Å². The van der Waals surface area contributed by atoms with E-state index in [1.54, 1.807) is 0 Å². The highest BCUT2D eigenvalue weighted by molar-refractivity contribution is 4.93. The molecule has 2 rings (SSSR count). The van der Waals surface area contributed by atoms with Gasteiger partial charge in [0.25, 0.3) is 0 Å². The summed E-state index contributed by atoms with van der Waals surface area (Å²) < 4.78 is 2.30. The lowest BCUT2D eigenvalue weighted by Crippen LogP contribution is -2.41. The van der Waals surface area contributed by atoms with Gasteiger partial charge in [0.15, 0.2) is 0 Å². The lowest BCUT2D eigenvalue weighted by Gasteiger charge is -2.37. The summed E-state index contributed by atoms with van der Waals surface area (Å²) >= 11 is 0. The Balaban J connectivity index is 1.83. The molecule has 4 nitrogen and oxygen atoms in total. The minimum atomic E-state index is 0.694. The monoisotopic (exact) mass is 278 g/mol. The third-order valence-electron chi connectivity index (χ3n) is 4.76. The van der Waals surface area contributed by atoms with Crippen molar-refractivity contribution in [3.63, 3.8) is 0 Å². The van der Waals surface area contributed by atoms with Crippen LogP contribution in [-0.4, -0.2) is 52.6 Å². The average Bonchev–Trinajstić information content (AvgIpc) is 2.86. The van der Waals surface area contributed by atoms with E-state index < -0.39 is 0 Å². The molecule has 1 aromatic rings. The number of imidazole rings is 1. The molecule has 0 spiro atoms. The van der Waals surface area contributed by atoms with E-state index >= 15 is 0 Å². The van der Waals surface area contributed by atoms with Crippen LogP contribution in [0.15, 0.2) is 12.4 Å². The van der Waals surface area contributed by atoms with Crippen molar-refractivity contribution in [2.24, 2.45) is 5.92 Å². The fourth-order valence-corrected chi connectivity index (χ4v) is 3.15. The van der Waals surface area contributed by atoms with Crippen molar-refractivity contribution in [1.82, 2.24) is 19.4 Å². The molecule has 0 saturated carbocycles. The maximum atomic E-state index is 4.52. The van der Waals surface area contributed by atoms with Crippen LogP contribution in [0, 0.1) is 5.92 Å². The van der Waals surface area contributed by atoms with Crippen molar-refractivity contribution in [2.45, 2.75) is 52.2 Å². The zero-order chi connectivity index (χ0) is 14.5. The number of rotatable bonds is 6. The maximum absolute atomic E-state index is 4.52. The van der Waals surface area contributed by atoms with Crippen molar-refractivity contribution >= 4 is 0 Å². The van der Waals surface area contributed by atoms with E-state index in [2.05, 4.69) is 53.5 Å². The third-order valence-corrected chi connectivity index (χ3v) is 4.76. The van der Waals surface area contributed by atoms with Crippen molar-refractivity contribution in [1.29, 1.82) is 0 Å². The number of hydrogen-bond acceptors (Lipinski definition) is 3. The third kappa shape index (κ3) is 3.83. The van der Waals surface area contributed by atoms with Gasteiger partial charge in [-0.3, -0.25) is 4.90 Å². The van der Waals surface area contributed by atoms with Crippen LogP contribution in [0.25, 0.3) is 0 Å². The molecule has 0 bridgehead atoms. The number of nitrogens with zero attached hydrogens (tertiary/aromatic N) is 4. The summed E-state index contributed by atoms with van der Waals surface area (Å²) in [6.45, 7) is 9.09. The molecule has 0 aromatic carbocycles. The Morgan fingerprint density at radius 1 is 1.35 bits per heavy atom. The molecule has 0 unspecified atom stereocenters. The van der Waals surface area contributed by atoms with Crippen LogP contribution in [0.2, 0.25) is 0 Å². The van der Waals surface area contributed by atoms with Gasteiger partial charge in [0.2, 0.25) is 0 Å². The highest BCUT2D eigenvalue weighted by atomic mass is 15.2. The van der Waals surface area contributed by atoms with Crippen LogP contribution in [-0.2, 0) is 13.1 Å². The summed E-state index contributed by atoms with van der Waals surface area (Å²) in [5.74, 6) is 2.07. The molecule has 0 aliphatic carbocycles. The highest BCUT2D eigenvalue weighted by Crippen LogP contribution is 2.23. The minimum absolute atomic E-state index is 0.694. The first kappa shape index (κ1) is 15.5. The number of hydrogen-bond donors (Lipinski definition) is 0. The molecule has 1 aliphatic heterocycles. The first-order valence-corrected chi connectivity index (χ1v) is 8.00. The first-order chi connectivity index (χ1) is 9.61. The summed E-state index contributed by atoms with van der Waals surface area (Å²) in [6, 6.07) is 0.694. The van der Waals surface area contributed by atoms with Crippen molar-refractivity contribution in [2.75, 3.05) is 27.2 Å². The van der Waals surface area contributed by atoms with E-state index in [9.17, 15) is 0 Å². The summed E-state index contributed by atoms with van der Waals surface area (Å²) in [6.07, 6.45) is 7.85. The SMILES string of the molecule is CCCn1ccnc1CN1CCC([C@H](C)N(C)C)CC1. The Morgan fingerprint density at radius 2 is 2.05 bits per heavy atom. The van der Waals surface area contributed by atoms with Gasteiger partial charge in [-0.2, -0.15) is 0 Å². The van der Waals surface area contributed by atoms with Gasteiger partial charge in [-0.25, -0.2) is 4.98 Å². The van der Waals surface area contributed by atoms with E-state index in [1.165, 1.54) is 38.2 Å². The molecule has 4 heteroatoms. The van der Waals surface area contributed by atoms with Crippen molar-refractivity contribution in [3.05, 3.63) is 18.2 Å². The zero-order valence-corrected chi connectivity index (χ0v) is 13.5. The molecule has 1 atom stereocenters. The van der Waals surface area contributed by atoms with E-state index in [-0.39, 0.29) is 0 Å². The molecule has 114 valence electrons. The summed E-state index contributed by atoms with van der Waals surface area (Å²) in [7, 11) is 4.39. The molecule has 0 amide bonds. The van der Waals surface area contributed by atoms with Gasteiger partial charge in [-0.15, -0.1) is 0 Å². The van der Waals surface area contributed by atoms with Crippen LogP contribution < -0.4 is 0 Å². The normalized spacial score (nSPS) is 19.6. The standard InChI is InChI=1S/C16H30N4/c1-5-9-20-12-8-17-16(20)13-19-10-6-15(7-11-19)14(2)18(3)4/h8,12,14-15H,5-7,9-11,13H2,1-4H3/t14-/m0/s1. The van der Waals surface area contributed by atoms with Crippen LogP contribution in [0.1, 0.15) is 38.9 Å². The van der Waals surface area contributed by atoms with Gasteiger partial charge < -0.3 is 9.47 Å². The van der Waals surface area contributed by atoms with Gasteiger partial charge in [0.05, 0.1) is 6.54 Å². The summed E-state index contributed by atoms with van der Waals surface area (Å²) in [4.78, 5) is 9.44. The predicted molar refractivity (Wildman–Crippen MR) is 83.7 cm³/mol. The number of likely N-dealkylation sites (tertiary alicyclic amines) is 1. The van der Waals surface area contributed by atoms with Gasteiger partial charge in [-0.05, 0) is 59.3 Å². The Labute approximate surface area is 123 Å². The van der Waals surface area contributed by atoms with E-state index in [0.717, 1.165) is 19.0 Å². The summed E-state index contributed by atoms with van der Waals surface area (Å²) in [5, 5.41) is 0. The summed E-state index contributed by atoms with van der Waals surface area (Å²) in [5.41, 5.74) is 0. The smallest absolute Gasteiger partial charge is 0.122 e. The lowest BCUT2D eigenvalue weighted by molar-refractivity contribution is 0.118. The largest absolute Gasteiger partial charge is 0.334 e. The topological polar surface area (TPSA) is 24.3 Å². The molecule has 1 saturated heterocycles. The van der Waals surface area contributed by atoms with Crippen LogP contribution in [0.4, 0.5) is 0 Å². The van der Waals surface area contributed by atoms with Gasteiger partial charge in [0.1, 0.15) is 5.82 Å².